The van der Waals surface area contributed by atoms with Gasteiger partial charge in [-0.25, -0.2) is 8.42 Å². The van der Waals surface area contributed by atoms with Crippen LogP contribution in [0.1, 0.15) is 13.3 Å². The molecule has 0 amide bonds. The first-order chi connectivity index (χ1) is 11.1. The molecule has 4 N–H and O–H groups in total. The highest BCUT2D eigenvalue weighted by atomic mass is 32.2. The maximum Gasteiger partial charge on any atom is 0.304 e. The number of hydrogen-bond acceptors (Lipinski definition) is 8. The van der Waals surface area contributed by atoms with Crippen molar-refractivity contribution in [1.82, 2.24) is 5.32 Å². The van der Waals surface area contributed by atoms with E-state index in [1.165, 1.54) is 13.0 Å². The molecule has 0 saturated heterocycles. The lowest BCUT2D eigenvalue weighted by Crippen LogP contribution is -2.30. The van der Waals surface area contributed by atoms with Crippen LogP contribution in [0, 0.1) is 10.1 Å². The molecule has 1 atom stereocenters. The summed E-state index contributed by atoms with van der Waals surface area (Å²) < 4.78 is 24.6. The van der Waals surface area contributed by atoms with Crippen LogP contribution in [0.5, 0.6) is 0 Å². The normalized spacial score (nSPS) is 12.6. The van der Waals surface area contributed by atoms with Crippen molar-refractivity contribution in [2.24, 2.45) is 0 Å². The standard InChI is InChI=1S/C13H19N3O7S/c1-9(17)14-5-6-15-11-3-2-10(16(20)21)8-12(11)24(22,23)7-4-13(18)19/h2-3,8-9,14-15,17H,4-7H2,1H3,(H,18,19). The average Bonchev–Trinajstić information content (AvgIpc) is 2.49. The second kappa shape index (κ2) is 8.57. The van der Waals surface area contributed by atoms with E-state index in [-0.39, 0.29) is 17.1 Å². The molecule has 24 heavy (non-hydrogen) atoms. The number of benzene rings is 1. The topological polar surface area (TPSA) is 159 Å². The lowest BCUT2D eigenvalue weighted by molar-refractivity contribution is -0.385. The van der Waals surface area contributed by atoms with Gasteiger partial charge >= 0.3 is 5.97 Å². The highest BCUT2D eigenvalue weighted by Crippen LogP contribution is 2.27. The van der Waals surface area contributed by atoms with Crippen LogP contribution in [0.2, 0.25) is 0 Å². The summed E-state index contributed by atoms with van der Waals surface area (Å²) in [4.78, 5) is 20.4. The molecule has 1 rings (SSSR count). The van der Waals surface area contributed by atoms with Gasteiger partial charge < -0.3 is 15.5 Å². The van der Waals surface area contributed by atoms with Crippen molar-refractivity contribution >= 4 is 27.2 Å². The number of hydrogen-bond donors (Lipinski definition) is 4. The molecular formula is C13H19N3O7S. The van der Waals surface area contributed by atoms with Gasteiger partial charge in [0.2, 0.25) is 0 Å². The minimum atomic E-state index is -4.01. The third-order valence-electron chi connectivity index (χ3n) is 2.98. The lowest BCUT2D eigenvalue weighted by atomic mass is 10.3. The molecule has 0 aliphatic carbocycles. The van der Waals surface area contributed by atoms with Crippen LogP contribution in [0.4, 0.5) is 11.4 Å². The zero-order chi connectivity index (χ0) is 18.3. The van der Waals surface area contributed by atoms with Crippen LogP contribution in [-0.2, 0) is 14.6 Å². The number of aliphatic hydroxyl groups is 1. The highest BCUT2D eigenvalue weighted by molar-refractivity contribution is 7.91. The van der Waals surface area contributed by atoms with Gasteiger partial charge in [-0.3, -0.25) is 20.2 Å². The quantitative estimate of drug-likeness (QED) is 0.197. The average molecular weight is 361 g/mol. The van der Waals surface area contributed by atoms with Crippen molar-refractivity contribution in [2.45, 2.75) is 24.5 Å². The second-order valence-corrected chi connectivity index (χ2v) is 7.03. The van der Waals surface area contributed by atoms with Gasteiger partial charge in [0.25, 0.3) is 5.69 Å². The number of carboxylic acids is 1. The summed E-state index contributed by atoms with van der Waals surface area (Å²) in [6, 6.07) is 3.32. The summed E-state index contributed by atoms with van der Waals surface area (Å²) in [5.74, 6) is -1.94. The van der Waals surface area contributed by atoms with E-state index in [0.717, 1.165) is 12.1 Å². The van der Waals surface area contributed by atoms with Crippen molar-refractivity contribution < 1.29 is 28.3 Å². The monoisotopic (exact) mass is 361 g/mol. The van der Waals surface area contributed by atoms with Gasteiger partial charge in [-0.05, 0) is 13.0 Å². The zero-order valence-corrected chi connectivity index (χ0v) is 13.7. The van der Waals surface area contributed by atoms with Gasteiger partial charge in [0, 0.05) is 25.2 Å². The lowest BCUT2D eigenvalue weighted by Gasteiger charge is -2.13. The Balaban J connectivity index is 3.05. The zero-order valence-electron chi connectivity index (χ0n) is 12.9. The fourth-order valence-electron chi connectivity index (χ4n) is 1.84. The molecule has 134 valence electrons. The van der Waals surface area contributed by atoms with Crippen molar-refractivity contribution in [2.75, 3.05) is 24.2 Å². The molecule has 0 saturated carbocycles. The van der Waals surface area contributed by atoms with E-state index in [1.807, 2.05) is 0 Å². The molecule has 0 fully saturated rings. The minimum absolute atomic E-state index is 0.137. The van der Waals surface area contributed by atoms with Crippen LogP contribution >= 0.6 is 0 Å². The fourth-order valence-corrected chi connectivity index (χ4v) is 3.28. The van der Waals surface area contributed by atoms with Crippen LogP contribution in [-0.4, -0.2) is 54.6 Å². The molecule has 0 spiro atoms. The summed E-state index contributed by atoms with van der Waals surface area (Å²) in [7, 11) is -4.01. The van der Waals surface area contributed by atoms with Crippen molar-refractivity contribution in [3.8, 4) is 0 Å². The summed E-state index contributed by atoms with van der Waals surface area (Å²) in [5.41, 5.74) is -0.269. The van der Waals surface area contributed by atoms with E-state index in [4.69, 9.17) is 10.2 Å². The number of aliphatic hydroxyl groups excluding tert-OH is 1. The third-order valence-corrected chi connectivity index (χ3v) is 4.73. The van der Waals surface area contributed by atoms with Gasteiger partial charge in [0.05, 0.1) is 27.7 Å². The minimum Gasteiger partial charge on any atom is -0.481 e. The molecule has 1 aromatic carbocycles. The first-order valence-electron chi connectivity index (χ1n) is 7.02. The number of aliphatic carboxylic acids is 1. The Labute approximate surface area is 138 Å². The van der Waals surface area contributed by atoms with E-state index in [2.05, 4.69) is 10.6 Å². The Morgan fingerprint density at radius 1 is 1.38 bits per heavy atom. The Morgan fingerprint density at radius 2 is 2.04 bits per heavy atom. The maximum atomic E-state index is 12.3. The van der Waals surface area contributed by atoms with Crippen molar-refractivity contribution in [3.63, 3.8) is 0 Å². The van der Waals surface area contributed by atoms with Gasteiger partial charge in [-0.2, -0.15) is 0 Å². The van der Waals surface area contributed by atoms with Crippen molar-refractivity contribution in [1.29, 1.82) is 0 Å². The smallest absolute Gasteiger partial charge is 0.304 e. The number of nitro benzene ring substituents is 1. The number of nitro groups is 1. The number of nitrogens with one attached hydrogen (secondary N) is 2. The molecule has 0 heterocycles. The molecule has 0 aliphatic heterocycles. The molecule has 1 aromatic rings. The Bertz CT molecular complexity index is 704. The number of rotatable bonds is 10. The summed E-state index contributed by atoms with van der Waals surface area (Å²) in [5, 5.41) is 34.1. The van der Waals surface area contributed by atoms with E-state index >= 15 is 0 Å². The first kappa shape index (κ1) is 19.8. The highest BCUT2D eigenvalue weighted by Gasteiger charge is 2.23. The van der Waals surface area contributed by atoms with Gasteiger partial charge in [-0.15, -0.1) is 0 Å². The van der Waals surface area contributed by atoms with Crippen LogP contribution in [0.3, 0.4) is 0 Å². The number of non-ortho nitro benzene ring substituents is 1. The van der Waals surface area contributed by atoms with Gasteiger partial charge in [-0.1, -0.05) is 0 Å². The first-order valence-corrected chi connectivity index (χ1v) is 8.67. The molecule has 11 heteroatoms. The van der Waals surface area contributed by atoms with Gasteiger partial charge in [0.15, 0.2) is 9.84 Å². The third kappa shape index (κ3) is 6.10. The maximum absolute atomic E-state index is 12.3. The second-order valence-electron chi connectivity index (χ2n) is 4.96. The Hall–Kier alpha value is -2.24. The molecule has 0 bridgehead atoms. The number of carboxylic acid groups (broad SMARTS) is 1. The number of anilines is 1. The van der Waals surface area contributed by atoms with Crippen LogP contribution in [0.25, 0.3) is 0 Å². The molecule has 10 nitrogen and oxygen atoms in total. The van der Waals surface area contributed by atoms with Gasteiger partial charge in [0.1, 0.15) is 6.23 Å². The molecule has 0 aliphatic rings. The molecule has 0 aromatic heterocycles. The predicted molar refractivity (Wildman–Crippen MR) is 85.6 cm³/mol. The van der Waals surface area contributed by atoms with E-state index < -0.39 is 44.8 Å². The van der Waals surface area contributed by atoms with E-state index in [0.29, 0.717) is 6.54 Å². The van der Waals surface area contributed by atoms with Crippen molar-refractivity contribution in [3.05, 3.63) is 28.3 Å². The largest absolute Gasteiger partial charge is 0.481 e. The Kier molecular flexibility index (Phi) is 7.07. The molecule has 0 radical (unpaired) electrons. The number of carbonyl (C=O) groups is 1. The van der Waals surface area contributed by atoms with Crippen LogP contribution in [0.15, 0.2) is 23.1 Å². The molecular weight excluding hydrogens is 342 g/mol. The number of nitrogens with zero attached hydrogens (tertiary/aromatic N) is 1. The molecule has 1 unspecified atom stereocenters. The predicted octanol–water partition coefficient (Wildman–Crippen LogP) is 0.183. The summed E-state index contributed by atoms with van der Waals surface area (Å²) in [6.45, 7) is 2.10. The SMILES string of the molecule is CC(O)NCCNc1ccc([N+](=O)[O-])cc1S(=O)(=O)CCC(=O)O. The number of sulfone groups is 1. The van der Waals surface area contributed by atoms with E-state index in [1.54, 1.807) is 0 Å². The van der Waals surface area contributed by atoms with Crippen LogP contribution < -0.4 is 10.6 Å². The Morgan fingerprint density at radius 3 is 2.58 bits per heavy atom. The fraction of sp³-hybridized carbons (Fsp3) is 0.462. The van der Waals surface area contributed by atoms with E-state index in [9.17, 15) is 23.3 Å². The summed E-state index contributed by atoms with van der Waals surface area (Å²) in [6.07, 6.45) is -1.34. The summed E-state index contributed by atoms with van der Waals surface area (Å²) >= 11 is 0.